The third-order valence-electron chi connectivity index (χ3n) is 4.47. The van der Waals surface area contributed by atoms with Crippen molar-refractivity contribution in [3.63, 3.8) is 0 Å². The Bertz CT molecular complexity index is 567. The van der Waals surface area contributed by atoms with Crippen LogP contribution in [-0.2, 0) is 12.8 Å². The first-order valence-electron chi connectivity index (χ1n) is 8.06. The van der Waals surface area contributed by atoms with E-state index in [9.17, 15) is 5.11 Å². The van der Waals surface area contributed by atoms with Crippen LogP contribution in [0.2, 0.25) is 0 Å². The molecule has 0 aliphatic heterocycles. The van der Waals surface area contributed by atoms with Crippen molar-refractivity contribution in [2.45, 2.75) is 64.0 Å². The molecule has 0 saturated heterocycles. The molecule has 1 saturated carbocycles. The van der Waals surface area contributed by atoms with Crippen molar-refractivity contribution in [1.82, 2.24) is 9.78 Å². The van der Waals surface area contributed by atoms with Crippen LogP contribution in [0.1, 0.15) is 68.2 Å². The average Bonchev–Trinajstić information content (AvgIpc) is 3.16. The summed E-state index contributed by atoms with van der Waals surface area (Å²) < 4.78 is 7.48. The maximum Gasteiger partial charge on any atom is 0.109 e. The van der Waals surface area contributed by atoms with E-state index in [2.05, 4.69) is 16.0 Å². The molecular formula is C17H24N2O2. The molecule has 4 heteroatoms. The van der Waals surface area contributed by atoms with Crippen LogP contribution in [0.25, 0.3) is 0 Å². The highest BCUT2D eigenvalue weighted by Crippen LogP contribution is 2.28. The molecule has 0 spiro atoms. The van der Waals surface area contributed by atoms with Gasteiger partial charge in [-0.3, -0.25) is 4.68 Å². The van der Waals surface area contributed by atoms with E-state index in [1.165, 1.54) is 32.1 Å². The lowest BCUT2D eigenvalue weighted by atomic mass is 9.96. The van der Waals surface area contributed by atoms with Gasteiger partial charge in [0, 0.05) is 24.6 Å². The van der Waals surface area contributed by atoms with E-state index in [4.69, 9.17) is 4.42 Å². The largest absolute Gasteiger partial charge is 0.469 e. The highest BCUT2D eigenvalue weighted by atomic mass is 16.3. The molecule has 1 aliphatic carbocycles. The van der Waals surface area contributed by atoms with E-state index >= 15 is 0 Å². The first kappa shape index (κ1) is 14.4. The number of aliphatic hydroxyl groups excluding tert-OH is 1. The second kappa shape index (κ2) is 6.48. The quantitative estimate of drug-likeness (QED) is 0.910. The summed E-state index contributed by atoms with van der Waals surface area (Å²) in [6.07, 6.45) is 10.9. The lowest BCUT2D eigenvalue weighted by Crippen LogP contribution is -2.14. The van der Waals surface area contributed by atoms with Crippen molar-refractivity contribution in [3.05, 3.63) is 41.6 Å². The zero-order chi connectivity index (χ0) is 14.7. The Hall–Kier alpha value is -1.55. The molecule has 1 aliphatic rings. The Balaban J connectivity index is 1.66. The standard InChI is InChI=1S/C17H24N2O2/c1-2-17-15(9-11-21-17)16(20)12-13-8-10-19(18-13)14-6-4-3-5-7-14/h8-11,14,16,20H,2-7,12H2,1H3. The van der Waals surface area contributed by atoms with Crippen LogP contribution in [0.3, 0.4) is 0 Å². The molecule has 0 radical (unpaired) electrons. The third kappa shape index (κ3) is 3.21. The number of hydrogen-bond donors (Lipinski definition) is 1. The van der Waals surface area contributed by atoms with Gasteiger partial charge < -0.3 is 9.52 Å². The minimum Gasteiger partial charge on any atom is -0.469 e. The van der Waals surface area contributed by atoms with Crippen molar-refractivity contribution in [2.75, 3.05) is 0 Å². The van der Waals surface area contributed by atoms with Crippen molar-refractivity contribution in [1.29, 1.82) is 0 Å². The van der Waals surface area contributed by atoms with Gasteiger partial charge in [0.2, 0.25) is 0 Å². The third-order valence-corrected chi connectivity index (χ3v) is 4.47. The summed E-state index contributed by atoms with van der Waals surface area (Å²) in [4.78, 5) is 0. The smallest absolute Gasteiger partial charge is 0.109 e. The molecule has 0 aromatic carbocycles. The fourth-order valence-corrected chi connectivity index (χ4v) is 3.28. The predicted molar refractivity (Wildman–Crippen MR) is 81.1 cm³/mol. The summed E-state index contributed by atoms with van der Waals surface area (Å²) in [5, 5.41) is 15.1. The summed E-state index contributed by atoms with van der Waals surface area (Å²) in [6, 6.07) is 4.44. The Morgan fingerprint density at radius 2 is 2.14 bits per heavy atom. The number of hydrogen-bond acceptors (Lipinski definition) is 3. The number of rotatable bonds is 5. The molecule has 21 heavy (non-hydrogen) atoms. The van der Waals surface area contributed by atoms with E-state index < -0.39 is 6.10 Å². The molecular weight excluding hydrogens is 264 g/mol. The molecule has 2 aromatic rings. The number of furan rings is 1. The molecule has 3 rings (SSSR count). The molecule has 1 unspecified atom stereocenters. The first-order chi connectivity index (χ1) is 10.3. The highest BCUT2D eigenvalue weighted by molar-refractivity contribution is 5.21. The number of aryl methyl sites for hydroxylation is 1. The monoisotopic (exact) mass is 288 g/mol. The van der Waals surface area contributed by atoms with E-state index in [1.807, 2.05) is 19.1 Å². The van der Waals surface area contributed by atoms with Crippen molar-refractivity contribution < 1.29 is 9.52 Å². The van der Waals surface area contributed by atoms with Crippen LogP contribution in [0.5, 0.6) is 0 Å². The summed E-state index contributed by atoms with van der Waals surface area (Å²) in [7, 11) is 0. The van der Waals surface area contributed by atoms with Crippen molar-refractivity contribution in [3.8, 4) is 0 Å². The van der Waals surface area contributed by atoms with Crippen LogP contribution in [0.4, 0.5) is 0 Å². The maximum absolute atomic E-state index is 10.4. The zero-order valence-electron chi connectivity index (χ0n) is 12.7. The van der Waals surface area contributed by atoms with Gasteiger partial charge >= 0.3 is 0 Å². The Kier molecular flexibility index (Phi) is 4.44. The van der Waals surface area contributed by atoms with Gasteiger partial charge in [-0.1, -0.05) is 26.2 Å². The van der Waals surface area contributed by atoms with Gasteiger partial charge in [0.05, 0.1) is 24.1 Å². The summed E-state index contributed by atoms with van der Waals surface area (Å²) >= 11 is 0. The van der Waals surface area contributed by atoms with E-state index in [1.54, 1.807) is 6.26 Å². The van der Waals surface area contributed by atoms with Crippen LogP contribution < -0.4 is 0 Å². The number of nitrogens with zero attached hydrogens (tertiary/aromatic N) is 2. The fourth-order valence-electron chi connectivity index (χ4n) is 3.28. The van der Waals surface area contributed by atoms with Gasteiger partial charge in [-0.2, -0.15) is 5.10 Å². The minimum atomic E-state index is -0.534. The summed E-state index contributed by atoms with van der Waals surface area (Å²) in [5.74, 6) is 0.870. The van der Waals surface area contributed by atoms with Crippen LogP contribution in [-0.4, -0.2) is 14.9 Å². The molecule has 2 heterocycles. The summed E-state index contributed by atoms with van der Waals surface area (Å²) in [5.41, 5.74) is 1.85. The van der Waals surface area contributed by atoms with E-state index in [0.29, 0.717) is 12.5 Å². The molecule has 4 nitrogen and oxygen atoms in total. The van der Waals surface area contributed by atoms with Gasteiger partial charge in [-0.25, -0.2) is 0 Å². The zero-order valence-corrected chi connectivity index (χ0v) is 12.7. The van der Waals surface area contributed by atoms with Crippen LogP contribution in [0.15, 0.2) is 29.0 Å². The Labute approximate surface area is 125 Å². The van der Waals surface area contributed by atoms with Gasteiger partial charge in [0.25, 0.3) is 0 Å². The predicted octanol–water partition coefficient (Wildman–Crippen LogP) is 3.82. The second-order valence-corrected chi connectivity index (χ2v) is 5.95. The molecule has 2 aromatic heterocycles. The topological polar surface area (TPSA) is 51.2 Å². The van der Waals surface area contributed by atoms with Crippen LogP contribution >= 0.6 is 0 Å². The molecule has 1 atom stereocenters. The fraction of sp³-hybridized carbons (Fsp3) is 0.588. The Morgan fingerprint density at radius 3 is 2.90 bits per heavy atom. The minimum absolute atomic E-state index is 0.534. The van der Waals surface area contributed by atoms with Crippen LogP contribution in [0, 0.1) is 0 Å². The normalized spacial score (nSPS) is 18.0. The molecule has 0 bridgehead atoms. The summed E-state index contributed by atoms with van der Waals surface area (Å²) in [6.45, 7) is 2.03. The number of aliphatic hydroxyl groups is 1. The maximum atomic E-state index is 10.4. The second-order valence-electron chi connectivity index (χ2n) is 5.95. The van der Waals surface area contributed by atoms with Gasteiger partial charge in [-0.05, 0) is 25.0 Å². The SMILES string of the molecule is CCc1occc1C(O)Cc1ccn(C2CCCCC2)n1. The molecule has 1 N–H and O–H groups in total. The Morgan fingerprint density at radius 1 is 1.33 bits per heavy atom. The molecule has 0 amide bonds. The van der Waals surface area contributed by atoms with Crippen molar-refractivity contribution in [2.24, 2.45) is 0 Å². The van der Waals surface area contributed by atoms with Gasteiger partial charge in [-0.15, -0.1) is 0 Å². The van der Waals surface area contributed by atoms with E-state index in [-0.39, 0.29) is 0 Å². The average molecular weight is 288 g/mol. The van der Waals surface area contributed by atoms with Gasteiger partial charge in [0.1, 0.15) is 5.76 Å². The van der Waals surface area contributed by atoms with E-state index in [0.717, 1.165) is 23.4 Å². The molecule has 1 fully saturated rings. The number of aromatic nitrogens is 2. The molecule has 114 valence electrons. The van der Waals surface area contributed by atoms with Crippen molar-refractivity contribution >= 4 is 0 Å². The lowest BCUT2D eigenvalue weighted by Gasteiger charge is -2.21. The highest BCUT2D eigenvalue weighted by Gasteiger charge is 2.19. The lowest BCUT2D eigenvalue weighted by molar-refractivity contribution is 0.174. The first-order valence-corrected chi connectivity index (χ1v) is 8.06. The van der Waals surface area contributed by atoms with Gasteiger partial charge in [0.15, 0.2) is 0 Å².